The zero-order valence-electron chi connectivity index (χ0n) is 18.3. The number of nitrogens with zero attached hydrogens (tertiary/aromatic N) is 5. The minimum atomic E-state index is -0.127. The van der Waals surface area contributed by atoms with E-state index in [0.717, 1.165) is 43.9 Å². The van der Waals surface area contributed by atoms with E-state index in [1.807, 2.05) is 36.6 Å². The number of fused-ring (bicyclic) bond motifs is 1. The number of imidazole rings is 1. The van der Waals surface area contributed by atoms with Gasteiger partial charge in [0, 0.05) is 19.6 Å². The number of aromatic nitrogens is 4. The average molecular weight is 420 g/mol. The Balaban J connectivity index is 1.82. The summed E-state index contributed by atoms with van der Waals surface area (Å²) in [6.45, 7) is 6.92. The first-order valence-corrected chi connectivity index (χ1v) is 11.0. The molecule has 0 radical (unpaired) electrons. The Morgan fingerprint density at radius 2 is 1.84 bits per heavy atom. The molecule has 0 spiro atoms. The lowest BCUT2D eigenvalue weighted by molar-refractivity contribution is 0.290. The SMILES string of the molecule is CC#CCn1c(N2CCCCC2)nc2nc(OCC)n(CCc3ccccc3)c(=O)c21. The number of anilines is 1. The zero-order valence-corrected chi connectivity index (χ0v) is 18.3. The molecule has 162 valence electrons. The van der Waals surface area contributed by atoms with Crippen LogP contribution in [0.5, 0.6) is 6.01 Å². The molecular formula is C24H29N5O2. The predicted octanol–water partition coefficient (Wildman–Crippen LogP) is 3.25. The van der Waals surface area contributed by atoms with Crippen LogP contribution in [-0.2, 0) is 19.5 Å². The van der Waals surface area contributed by atoms with Crippen LogP contribution in [0.15, 0.2) is 35.1 Å². The van der Waals surface area contributed by atoms with Gasteiger partial charge in [0.2, 0.25) is 5.95 Å². The van der Waals surface area contributed by atoms with E-state index in [-0.39, 0.29) is 5.56 Å². The molecule has 0 N–H and O–H groups in total. The van der Waals surface area contributed by atoms with Gasteiger partial charge in [-0.1, -0.05) is 36.3 Å². The van der Waals surface area contributed by atoms with E-state index >= 15 is 0 Å². The molecule has 7 heteroatoms. The van der Waals surface area contributed by atoms with Gasteiger partial charge in [-0.25, -0.2) is 0 Å². The van der Waals surface area contributed by atoms with Crippen molar-refractivity contribution in [1.82, 2.24) is 19.1 Å². The first-order valence-electron chi connectivity index (χ1n) is 11.0. The standard InChI is InChI=1S/C24H29N5O2/c1-3-5-17-28-20-21(25-23(28)27-15-10-7-11-16-27)26-24(31-4-2)29(22(20)30)18-14-19-12-8-6-9-13-19/h6,8-9,12-13H,4,7,10-11,14-18H2,1-2H3. The molecule has 0 atom stereocenters. The van der Waals surface area contributed by atoms with Crippen molar-refractivity contribution >= 4 is 17.1 Å². The highest BCUT2D eigenvalue weighted by Crippen LogP contribution is 2.24. The van der Waals surface area contributed by atoms with Crippen LogP contribution < -0.4 is 15.2 Å². The number of hydrogen-bond acceptors (Lipinski definition) is 5. The predicted molar refractivity (Wildman–Crippen MR) is 123 cm³/mol. The van der Waals surface area contributed by atoms with Gasteiger partial charge < -0.3 is 9.64 Å². The summed E-state index contributed by atoms with van der Waals surface area (Å²) in [5, 5.41) is 0. The second-order valence-corrected chi connectivity index (χ2v) is 7.66. The molecule has 1 aliphatic heterocycles. The lowest BCUT2D eigenvalue weighted by Crippen LogP contribution is -2.32. The Morgan fingerprint density at radius 1 is 1.06 bits per heavy atom. The summed E-state index contributed by atoms with van der Waals surface area (Å²) in [6.07, 6.45) is 4.20. The Morgan fingerprint density at radius 3 is 2.55 bits per heavy atom. The van der Waals surface area contributed by atoms with Crippen LogP contribution in [0.1, 0.15) is 38.7 Å². The van der Waals surface area contributed by atoms with Gasteiger partial charge in [0.1, 0.15) is 0 Å². The van der Waals surface area contributed by atoms with Crippen molar-refractivity contribution in [3.05, 3.63) is 46.2 Å². The van der Waals surface area contributed by atoms with Gasteiger partial charge in [-0.2, -0.15) is 9.97 Å². The van der Waals surface area contributed by atoms with Crippen LogP contribution in [0.4, 0.5) is 5.95 Å². The molecule has 1 saturated heterocycles. The van der Waals surface area contributed by atoms with Crippen molar-refractivity contribution in [3.8, 4) is 17.9 Å². The Hall–Kier alpha value is -3.27. The molecular weight excluding hydrogens is 390 g/mol. The van der Waals surface area contributed by atoms with Crippen LogP contribution in [0.3, 0.4) is 0 Å². The van der Waals surface area contributed by atoms with Gasteiger partial charge in [0.25, 0.3) is 5.56 Å². The second kappa shape index (κ2) is 9.69. The lowest BCUT2D eigenvalue weighted by Gasteiger charge is -2.27. The van der Waals surface area contributed by atoms with E-state index in [4.69, 9.17) is 9.72 Å². The summed E-state index contributed by atoms with van der Waals surface area (Å²) < 4.78 is 9.32. The van der Waals surface area contributed by atoms with Crippen LogP contribution in [0, 0.1) is 11.8 Å². The first-order chi connectivity index (χ1) is 15.2. The topological polar surface area (TPSA) is 65.2 Å². The van der Waals surface area contributed by atoms with Crippen molar-refractivity contribution < 1.29 is 4.74 Å². The summed E-state index contributed by atoms with van der Waals surface area (Å²) in [6, 6.07) is 10.5. The maximum absolute atomic E-state index is 13.6. The van der Waals surface area contributed by atoms with E-state index in [0.29, 0.717) is 36.9 Å². The van der Waals surface area contributed by atoms with Crippen LogP contribution >= 0.6 is 0 Å². The van der Waals surface area contributed by atoms with Crippen LogP contribution in [0.25, 0.3) is 11.2 Å². The zero-order chi connectivity index (χ0) is 21.6. The summed E-state index contributed by atoms with van der Waals surface area (Å²) >= 11 is 0. The maximum atomic E-state index is 13.6. The quantitative estimate of drug-likeness (QED) is 0.550. The number of hydrogen-bond donors (Lipinski definition) is 0. The van der Waals surface area contributed by atoms with Gasteiger partial charge >= 0.3 is 6.01 Å². The third-order valence-electron chi connectivity index (χ3n) is 5.60. The summed E-state index contributed by atoms with van der Waals surface area (Å²) in [7, 11) is 0. The van der Waals surface area contributed by atoms with Gasteiger partial charge in [0.05, 0.1) is 13.2 Å². The highest BCUT2D eigenvalue weighted by molar-refractivity contribution is 5.74. The smallest absolute Gasteiger partial charge is 0.301 e. The van der Waals surface area contributed by atoms with Crippen molar-refractivity contribution in [3.63, 3.8) is 0 Å². The summed E-state index contributed by atoms with van der Waals surface area (Å²) in [5.74, 6) is 6.83. The van der Waals surface area contributed by atoms with E-state index in [9.17, 15) is 4.79 Å². The number of piperidine rings is 1. The lowest BCUT2D eigenvalue weighted by atomic mass is 10.1. The average Bonchev–Trinajstić information content (AvgIpc) is 3.17. The summed E-state index contributed by atoms with van der Waals surface area (Å²) in [5.41, 5.74) is 1.97. The Kier molecular flexibility index (Phi) is 6.56. The molecule has 0 bridgehead atoms. The molecule has 1 fully saturated rings. The fourth-order valence-corrected chi connectivity index (χ4v) is 4.05. The molecule has 7 nitrogen and oxygen atoms in total. The third-order valence-corrected chi connectivity index (χ3v) is 5.60. The Labute approximate surface area is 182 Å². The molecule has 1 aromatic carbocycles. The molecule has 0 amide bonds. The molecule has 1 aliphatic rings. The molecule has 3 aromatic rings. The van der Waals surface area contributed by atoms with Gasteiger partial charge in [-0.15, -0.1) is 5.92 Å². The van der Waals surface area contributed by atoms with Crippen molar-refractivity contribution in [1.29, 1.82) is 0 Å². The molecule has 0 saturated carbocycles. The van der Waals surface area contributed by atoms with Crippen LogP contribution in [0.2, 0.25) is 0 Å². The third kappa shape index (κ3) is 4.43. The molecule has 2 aromatic heterocycles. The normalized spacial score (nSPS) is 13.8. The van der Waals surface area contributed by atoms with Crippen molar-refractivity contribution in [2.45, 2.75) is 52.6 Å². The number of rotatable bonds is 7. The van der Waals surface area contributed by atoms with Gasteiger partial charge in [0.15, 0.2) is 11.2 Å². The molecule has 31 heavy (non-hydrogen) atoms. The molecule has 0 unspecified atom stereocenters. The minimum absolute atomic E-state index is 0.127. The van der Waals surface area contributed by atoms with Gasteiger partial charge in [-0.3, -0.25) is 13.9 Å². The largest absolute Gasteiger partial charge is 0.465 e. The van der Waals surface area contributed by atoms with Crippen LogP contribution in [-0.4, -0.2) is 38.8 Å². The second-order valence-electron chi connectivity index (χ2n) is 7.66. The highest BCUT2D eigenvalue weighted by Gasteiger charge is 2.24. The van der Waals surface area contributed by atoms with Crippen molar-refractivity contribution in [2.75, 3.05) is 24.6 Å². The number of ether oxygens (including phenoxy) is 1. The number of benzene rings is 1. The van der Waals surface area contributed by atoms with Gasteiger partial charge in [-0.05, 0) is 45.1 Å². The first kappa shape index (κ1) is 21.0. The van der Waals surface area contributed by atoms with E-state index in [2.05, 4.69) is 33.9 Å². The summed E-state index contributed by atoms with van der Waals surface area (Å²) in [4.78, 5) is 25.3. The monoisotopic (exact) mass is 419 g/mol. The fraction of sp³-hybridized carbons (Fsp3) is 0.458. The maximum Gasteiger partial charge on any atom is 0.301 e. The number of aryl methyl sites for hydroxylation is 1. The molecule has 4 rings (SSSR count). The fourth-order valence-electron chi connectivity index (χ4n) is 4.05. The highest BCUT2D eigenvalue weighted by atomic mass is 16.5. The Bertz CT molecular complexity index is 1150. The van der Waals surface area contributed by atoms with E-state index in [1.165, 1.54) is 6.42 Å². The van der Waals surface area contributed by atoms with E-state index in [1.54, 1.807) is 4.57 Å². The molecule has 0 aliphatic carbocycles. The minimum Gasteiger partial charge on any atom is -0.465 e. The molecule has 3 heterocycles. The van der Waals surface area contributed by atoms with Crippen molar-refractivity contribution in [2.24, 2.45) is 0 Å². The van der Waals surface area contributed by atoms with E-state index < -0.39 is 0 Å².